The van der Waals surface area contributed by atoms with Gasteiger partial charge in [0.2, 0.25) is 5.91 Å². The molecule has 1 amide bonds. The summed E-state index contributed by atoms with van der Waals surface area (Å²) in [5.74, 6) is -2.31. The van der Waals surface area contributed by atoms with Crippen molar-refractivity contribution in [2.75, 3.05) is 24.3 Å². The van der Waals surface area contributed by atoms with E-state index in [9.17, 15) is 14.7 Å². The molecule has 5 nitrogen and oxygen atoms in total. The van der Waals surface area contributed by atoms with Gasteiger partial charge in [-0.15, -0.1) is 0 Å². The minimum absolute atomic E-state index is 0.234. The molecule has 0 spiro atoms. The average molecular weight is 288 g/mol. The minimum atomic E-state index is -0.915. The number of carbonyl (C=O) groups is 2. The molecule has 112 valence electrons. The van der Waals surface area contributed by atoms with E-state index in [1.807, 2.05) is 49.3 Å². The SMILES string of the molecule is CN(C)c1cccc(NC(=O)C2CC=CCC2C(=O)O)c1. The second kappa shape index (κ2) is 6.43. The van der Waals surface area contributed by atoms with Crippen molar-refractivity contribution in [3.8, 4) is 0 Å². The molecule has 0 fully saturated rings. The highest BCUT2D eigenvalue weighted by Gasteiger charge is 2.33. The first-order chi connectivity index (χ1) is 9.99. The molecule has 0 aromatic heterocycles. The molecule has 1 aromatic rings. The van der Waals surface area contributed by atoms with Gasteiger partial charge in [0.1, 0.15) is 0 Å². The molecule has 2 rings (SSSR count). The van der Waals surface area contributed by atoms with Crippen LogP contribution in [-0.2, 0) is 9.59 Å². The molecule has 0 heterocycles. The Kier molecular flexibility index (Phi) is 4.62. The summed E-state index contributed by atoms with van der Waals surface area (Å²) in [5.41, 5.74) is 1.66. The number of hydrogen-bond acceptors (Lipinski definition) is 3. The molecular formula is C16H20N2O3. The van der Waals surface area contributed by atoms with Gasteiger partial charge in [-0.3, -0.25) is 9.59 Å². The van der Waals surface area contributed by atoms with Crippen LogP contribution in [0.4, 0.5) is 11.4 Å². The lowest BCUT2D eigenvalue weighted by Crippen LogP contribution is -2.34. The fourth-order valence-electron chi connectivity index (χ4n) is 2.47. The molecule has 0 aliphatic heterocycles. The second-order valence-corrected chi connectivity index (χ2v) is 5.43. The van der Waals surface area contributed by atoms with Gasteiger partial charge in [-0.2, -0.15) is 0 Å². The highest BCUT2D eigenvalue weighted by atomic mass is 16.4. The van der Waals surface area contributed by atoms with E-state index in [1.54, 1.807) is 6.07 Å². The smallest absolute Gasteiger partial charge is 0.307 e. The molecule has 0 saturated carbocycles. The normalized spacial score (nSPS) is 20.9. The van der Waals surface area contributed by atoms with E-state index in [0.717, 1.165) is 5.69 Å². The minimum Gasteiger partial charge on any atom is -0.481 e. The van der Waals surface area contributed by atoms with Crippen molar-refractivity contribution in [2.24, 2.45) is 11.8 Å². The first-order valence-corrected chi connectivity index (χ1v) is 6.95. The Bertz CT molecular complexity index is 566. The predicted molar refractivity (Wildman–Crippen MR) is 82.4 cm³/mol. The quantitative estimate of drug-likeness (QED) is 0.834. The number of amides is 1. The molecule has 1 aliphatic rings. The molecule has 2 N–H and O–H groups in total. The summed E-state index contributed by atoms with van der Waals surface area (Å²) < 4.78 is 0. The maximum absolute atomic E-state index is 12.3. The number of nitrogens with zero attached hydrogens (tertiary/aromatic N) is 1. The Hall–Kier alpha value is -2.30. The summed E-state index contributed by atoms with van der Waals surface area (Å²) >= 11 is 0. The van der Waals surface area contributed by atoms with E-state index >= 15 is 0 Å². The van der Waals surface area contributed by atoms with Crippen LogP contribution in [0.3, 0.4) is 0 Å². The van der Waals surface area contributed by atoms with Crippen molar-refractivity contribution < 1.29 is 14.7 Å². The number of carboxylic acids is 1. The Balaban J connectivity index is 2.11. The third-order valence-electron chi connectivity index (χ3n) is 3.72. The van der Waals surface area contributed by atoms with Crippen molar-refractivity contribution in [1.29, 1.82) is 0 Å². The largest absolute Gasteiger partial charge is 0.481 e. The summed E-state index contributed by atoms with van der Waals surface area (Å²) in [6.45, 7) is 0. The van der Waals surface area contributed by atoms with E-state index in [4.69, 9.17) is 0 Å². The number of aliphatic carboxylic acids is 1. The van der Waals surface area contributed by atoms with Crippen molar-refractivity contribution in [2.45, 2.75) is 12.8 Å². The van der Waals surface area contributed by atoms with Crippen LogP contribution in [0.15, 0.2) is 36.4 Å². The third-order valence-corrected chi connectivity index (χ3v) is 3.72. The molecule has 1 aromatic carbocycles. The summed E-state index contributed by atoms with van der Waals surface area (Å²) in [6, 6.07) is 7.48. The topological polar surface area (TPSA) is 69.6 Å². The van der Waals surface area contributed by atoms with Crippen LogP contribution in [-0.4, -0.2) is 31.1 Å². The molecule has 0 radical (unpaired) electrons. The van der Waals surface area contributed by atoms with Gasteiger partial charge in [0.25, 0.3) is 0 Å². The Morgan fingerprint density at radius 2 is 1.86 bits per heavy atom. The Morgan fingerprint density at radius 3 is 2.48 bits per heavy atom. The zero-order valence-corrected chi connectivity index (χ0v) is 12.2. The van der Waals surface area contributed by atoms with E-state index < -0.39 is 17.8 Å². The van der Waals surface area contributed by atoms with Crippen molar-refractivity contribution in [3.63, 3.8) is 0 Å². The maximum Gasteiger partial charge on any atom is 0.307 e. The van der Waals surface area contributed by atoms with Gasteiger partial charge in [-0.1, -0.05) is 18.2 Å². The number of carboxylic acid groups (broad SMARTS) is 1. The number of carbonyl (C=O) groups excluding carboxylic acids is 1. The Morgan fingerprint density at radius 1 is 1.19 bits per heavy atom. The van der Waals surface area contributed by atoms with Crippen LogP contribution in [0.2, 0.25) is 0 Å². The lowest BCUT2D eigenvalue weighted by molar-refractivity contribution is -0.146. The summed E-state index contributed by atoms with van der Waals surface area (Å²) in [5, 5.41) is 12.0. The van der Waals surface area contributed by atoms with E-state index in [2.05, 4.69) is 5.32 Å². The second-order valence-electron chi connectivity index (χ2n) is 5.43. The maximum atomic E-state index is 12.3. The van der Waals surface area contributed by atoms with Crippen molar-refractivity contribution >= 4 is 23.3 Å². The van der Waals surface area contributed by atoms with Gasteiger partial charge in [0.15, 0.2) is 0 Å². The number of anilines is 2. The highest BCUT2D eigenvalue weighted by Crippen LogP contribution is 2.27. The van der Waals surface area contributed by atoms with Gasteiger partial charge >= 0.3 is 5.97 Å². The summed E-state index contributed by atoms with van der Waals surface area (Å²) in [4.78, 5) is 25.5. The fraction of sp³-hybridized carbons (Fsp3) is 0.375. The zero-order valence-electron chi connectivity index (χ0n) is 12.2. The number of hydrogen-bond donors (Lipinski definition) is 2. The standard InChI is InChI=1S/C16H20N2O3/c1-18(2)12-7-5-6-11(10-12)17-15(19)13-8-3-4-9-14(13)16(20)21/h3-7,10,13-14H,8-9H2,1-2H3,(H,17,19)(H,20,21). The lowest BCUT2D eigenvalue weighted by atomic mass is 9.82. The molecule has 21 heavy (non-hydrogen) atoms. The van der Waals surface area contributed by atoms with Crippen molar-refractivity contribution in [1.82, 2.24) is 0 Å². The molecule has 1 aliphatic carbocycles. The zero-order chi connectivity index (χ0) is 15.4. The molecule has 0 saturated heterocycles. The van der Waals surface area contributed by atoms with Gasteiger partial charge in [-0.05, 0) is 31.0 Å². The van der Waals surface area contributed by atoms with E-state index in [-0.39, 0.29) is 5.91 Å². The highest BCUT2D eigenvalue weighted by molar-refractivity contribution is 5.95. The van der Waals surface area contributed by atoms with Gasteiger partial charge < -0.3 is 15.3 Å². The lowest BCUT2D eigenvalue weighted by Gasteiger charge is -2.24. The molecule has 0 bridgehead atoms. The third kappa shape index (κ3) is 3.62. The molecular weight excluding hydrogens is 268 g/mol. The molecule has 2 unspecified atom stereocenters. The van der Waals surface area contributed by atoms with Crippen LogP contribution in [0.25, 0.3) is 0 Å². The van der Waals surface area contributed by atoms with E-state index in [0.29, 0.717) is 18.5 Å². The van der Waals surface area contributed by atoms with E-state index in [1.165, 1.54) is 0 Å². The number of rotatable bonds is 4. The first kappa shape index (κ1) is 15.1. The molecule has 5 heteroatoms. The van der Waals surface area contributed by atoms with Gasteiger partial charge in [0.05, 0.1) is 11.8 Å². The van der Waals surface area contributed by atoms with Gasteiger partial charge in [-0.25, -0.2) is 0 Å². The summed E-state index contributed by atoms with van der Waals surface area (Å²) in [7, 11) is 3.85. The monoisotopic (exact) mass is 288 g/mol. The van der Waals surface area contributed by atoms with Crippen molar-refractivity contribution in [3.05, 3.63) is 36.4 Å². The summed E-state index contributed by atoms with van der Waals surface area (Å²) in [6.07, 6.45) is 4.58. The van der Waals surface area contributed by atoms with Crippen LogP contribution in [0.5, 0.6) is 0 Å². The average Bonchev–Trinajstić information content (AvgIpc) is 2.47. The first-order valence-electron chi connectivity index (χ1n) is 6.95. The number of nitrogens with one attached hydrogen (secondary N) is 1. The molecule has 2 atom stereocenters. The van der Waals surface area contributed by atoms with Gasteiger partial charge in [0, 0.05) is 25.5 Å². The van der Waals surface area contributed by atoms with Crippen LogP contribution < -0.4 is 10.2 Å². The Labute approximate surface area is 124 Å². The van der Waals surface area contributed by atoms with Crippen LogP contribution >= 0.6 is 0 Å². The number of benzene rings is 1. The fourth-order valence-corrected chi connectivity index (χ4v) is 2.47. The predicted octanol–water partition coefficient (Wildman–Crippen LogP) is 2.36. The number of allylic oxidation sites excluding steroid dienone is 2. The van der Waals surface area contributed by atoms with Crippen LogP contribution in [0, 0.1) is 11.8 Å². The van der Waals surface area contributed by atoms with Crippen LogP contribution in [0.1, 0.15) is 12.8 Å².